The Hall–Kier alpha value is -0.870. The maximum Gasteiger partial charge on any atom is 0.341 e. The Bertz CT molecular complexity index is 450. The first kappa shape index (κ1) is 16.2. The maximum absolute atomic E-state index is 12.1. The molecule has 19 heavy (non-hydrogen) atoms. The Morgan fingerprint density at radius 3 is 2.16 bits per heavy atom. The number of esters is 1. The summed E-state index contributed by atoms with van der Waals surface area (Å²) in [6.45, 7) is 3.75. The monoisotopic (exact) mass is 306 g/mol. The zero-order valence-electron chi connectivity index (χ0n) is 10.8. The first-order valence-corrected chi connectivity index (χ1v) is 7.94. The van der Waals surface area contributed by atoms with Crippen molar-refractivity contribution < 1.29 is 23.1 Å². The highest BCUT2D eigenvalue weighted by Crippen LogP contribution is 2.47. The van der Waals surface area contributed by atoms with Crippen molar-refractivity contribution in [2.24, 2.45) is 0 Å². The molecular formula is C12H16ClO5P. The molecule has 0 atom stereocenters. The lowest BCUT2D eigenvalue weighted by Gasteiger charge is -2.15. The van der Waals surface area contributed by atoms with Crippen LogP contribution in [0, 0.1) is 0 Å². The smallest absolute Gasteiger partial charge is 0.341 e. The average Bonchev–Trinajstić information content (AvgIpc) is 2.32. The molecule has 7 heteroatoms. The number of benzene rings is 1. The molecule has 0 aliphatic carbocycles. The first-order chi connectivity index (χ1) is 8.99. The maximum atomic E-state index is 12.1. The van der Waals surface area contributed by atoms with Gasteiger partial charge < -0.3 is 13.8 Å². The lowest BCUT2D eigenvalue weighted by molar-refractivity contribution is -0.131. The van der Waals surface area contributed by atoms with Gasteiger partial charge in [-0.15, -0.1) is 0 Å². The van der Waals surface area contributed by atoms with E-state index in [0.717, 1.165) is 0 Å². The minimum atomic E-state index is -3.42. The van der Waals surface area contributed by atoms with E-state index in [4.69, 9.17) is 25.4 Å². The van der Waals surface area contributed by atoms with Gasteiger partial charge in [0.15, 0.2) is 0 Å². The van der Waals surface area contributed by atoms with Crippen molar-refractivity contribution in [3.63, 3.8) is 0 Å². The Labute approximate surface area is 117 Å². The second-order valence-corrected chi connectivity index (χ2v) is 6.02. The summed E-state index contributed by atoms with van der Waals surface area (Å²) in [6, 6.07) is 6.28. The van der Waals surface area contributed by atoms with E-state index < -0.39 is 19.7 Å². The third-order valence-electron chi connectivity index (χ3n) is 2.02. The van der Waals surface area contributed by atoms with Gasteiger partial charge in [0, 0.05) is 5.02 Å². The van der Waals surface area contributed by atoms with E-state index in [9.17, 15) is 9.36 Å². The number of carbonyl (C=O) groups is 1. The molecule has 0 unspecified atom stereocenters. The third-order valence-corrected chi connectivity index (χ3v) is 4.22. The van der Waals surface area contributed by atoms with E-state index in [2.05, 4.69) is 0 Å². The van der Waals surface area contributed by atoms with Gasteiger partial charge in [-0.1, -0.05) is 11.6 Å². The fourth-order valence-electron chi connectivity index (χ4n) is 1.35. The molecule has 0 saturated carbocycles. The van der Waals surface area contributed by atoms with E-state index in [1.165, 1.54) is 0 Å². The van der Waals surface area contributed by atoms with Crippen LogP contribution >= 0.6 is 19.2 Å². The van der Waals surface area contributed by atoms with Crippen LogP contribution in [0.5, 0.6) is 5.75 Å². The topological polar surface area (TPSA) is 61.8 Å². The van der Waals surface area contributed by atoms with Crippen LogP contribution in [-0.4, -0.2) is 25.3 Å². The van der Waals surface area contributed by atoms with Gasteiger partial charge in [-0.25, -0.2) is 0 Å². The Balaban J connectivity index is 2.62. The number of carbonyl (C=O) groups excluding carboxylic acids is 1. The number of halogens is 1. The molecule has 0 spiro atoms. The normalized spacial score (nSPS) is 11.3. The van der Waals surface area contributed by atoms with Crippen molar-refractivity contribution in [3.8, 4) is 5.75 Å². The molecule has 0 radical (unpaired) electrons. The number of ether oxygens (including phenoxy) is 1. The summed E-state index contributed by atoms with van der Waals surface area (Å²) in [5, 5.41) is 0.536. The van der Waals surface area contributed by atoms with Gasteiger partial charge in [-0.3, -0.25) is 9.36 Å². The molecule has 0 heterocycles. The van der Waals surface area contributed by atoms with Gasteiger partial charge in [0.05, 0.1) is 13.2 Å². The zero-order valence-corrected chi connectivity index (χ0v) is 12.4. The summed E-state index contributed by atoms with van der Waals surface area (Å²) >= 11 is 5.71. The van der Waals surface area contributed by atoms with Crippen molar-refractivity contribution in [2.75, 3.05) is 19.4 Å². The summed E-state index contributed by atoms with van der Waals surface area (Å²) < 4.78 is 27.1. The molecule has 1 aromatic carbocycles. The van der Waals surface area contributed by atoms with Crippen LogP contribution in [0.2, 0.25) is 5.02 Å². The van der Waals surface area contributed by atoms with E-state index in [-0.39, 0.29) is 13.2 Å². The largest absolute Gasteiger partial charge is 0.426 e. The van der Waals surface area contributed by atoms with Crippen LogP contribution in [-0.2, 0) is 18.4 Å². The molecule has 0 aromatic heterocycles. The lowest BCUT2D eigenvalue weighted by Crippen LogP contribution is -2.15. The number of rotatable bonds is 7. The highest BCUT2D eigenvalue weighted by Gasteiger charge is 2.28. The number of hydrogen-bond donors (Lipinski definition) is 0. The van der Waals surface area contributed by atoms with Crippen molar-refractivity contribution in [1.29, 1.82) is 0 Å². The van der Waals surface area contributed by atoms with Crippen LogP contribution in [0.25, 0.3) is 0 Å². The number of hydrogen-bond acceptors (Lipinski definition) is 5. The average molecular weight is 307 g/mol. The highest BCUT2D eigenvalue weighted by molar-refractivity contribution is 7.54. The summed E-state index contributed by atoms with van der Waals surface area (Å²) in [4.78, 5) is 11.7. The molecular weight excluding hydrogens is 291 g/mol. The standard InChI is InChI=1S/C12H16ClO5P/c1-3-16-19(15,17-4-2)9-12(14)18-11-7-5-10(13)6-8-11/h5-8H,3-4,9H2,1-2H3. The zero-order chi connectivity index (χ0) is 14.3. The fraction of sp³-hybridized carbons (Fsp3) is 0.417. The summed E-state index contributed by atoms with van der Waals surface area (Å²) in [5.74, 6) is -0.346. The van der Waals surface area contributed by atoms with Crippen molar-refractivity contribution >= 4 is 25.2 Å². The predicted octanol–water partition coefficient (Wildman–Crippen LogP) is 3.51. The van der Waals surface area contributed by atoms with Crippen LogP contribution in [0.1, 0.15) is 13.8 Å². The first-order valence-electron chi connectivity index (χ1n) is 5.83. The van der Waals surface area contributed by atoms with Crippen molar-refractivity contribution in [1.82, 2.24) is 0 Å². The minimum absolute atomic E-state index is 0.200. The van der Waals surface area contributed by atoms with E-state index in [1.54, 1.807) is 38.1 Å². The van der Waals surface area contributed by atoms with Crippen LogP contribution in [0.4, 0.5) is 0 Å². The Kier molecular flexibility index (Phi) is 6.52. The second kappa shape index (κ2) is 7.65. The molecule has 0 aliphatic rings. The molecule has 0 bridgehead atoms. The third kappa shape index (κ3) is 5.74. The van der Waals surface area contributed by atoms with Gasteiger partial charge in [-0.05, 0) is 38.1 Å². The minimum Gasteiger partial charge on any atom is -0.426 e. The second-order valence-electron chi connectivity index (χ2n) is 3.53. The van der Waals surface area contributed by atoms with Gasteiger partial charge in [0.2, 0.25) is 0 Å². The summed E-state index contributed by atoms with van der Waals surface area (Å²) in [6.07, 6.45) is -0.419. The molecule has 0 N–H and O–H groups in total. The highest BCUT2D eigenvalue weighted by atomic mass is 35.5. The van der Waals surface area contributed by atoms with E-state index in [1.807, 2.05) is 0 Å². The van der Waals surface area contributed by atoms with Crippen molar-refractivity contribution in [2.45, 2.75) is 13.8 Å². The van der Waals surface area contributed by atoms with Crippen LogP contribution in [0.3, 0.4) is 0 Å². The molecule has 0 saturated heterocycles. The Morgan fingerprint density at radius 2 is 1.68 bits per heavy atom. The van der Waals surface area contributed by atoms with Gasteiger partial charge in [0.1, 0.15) is 11.9 Å². The molecule has 5 nitrogen and oxygen atoms in total. The Morgan fingerprint density at radius 1 is 1.16 bits per heavy atom. The van der Waals surface area contributed by atoms with Crippen molar-refractivity contribution in [3.05, 3.63) is 29.3 Å². The summed E-state index contributed by atoms with van der Waals surface area (Å²) in [5.41, 5.74) is 0. The molecule has 1 aromatic rings. The quantitative estimate of drug-likeness (QED) is 0.438. The van der Waals surface area contributed by atoms with E-state index in [0.29, 0.717) is 10.8 Å². The van der Waals surface area contributed by atoms with Crippen LogP contribution < -0.4 is 4.74 Å². The SMILES string of the molecule is CCOP(=O)(CC(=O)Oc1ccc(Cl)cc1)OCC. The lowest BCUT2D eigenvalue weighted by atomic mass is 10.3. The molecule has 106 valence electrons. The van der Waals surface area contributed by atoms with Gasteiger partial charge in [-0.2, -0.15) is 0 Å². The molecule has 1 rings (SSSR count). The molecule has 0 aliphatic heterocycles. The van der Waals surface area contributed by atoms with Gasteiger partial charge in [0.25, 0.3) is 0 Å². The predicted molar refractivity (Wildman–Crippen MR) is 72.8 cm³/mol. The van der Waals surface area contributed by atoms with E-state index >= 15 is 0 Å². The summed E-state index contributed by atoms with van der Waals surface area (Å²) in [7, 11) is -3.42. The van der Waals surface area contributed by atoms with Gasteiger partial charge >= 0.3 is 13.6 Å². The molecule has 0 amide bonds. The molecule has 0 fully saturated rings. The fourth-order valence-corrected chi connectivity index (χ4v) is 2.90. The van der Waals surface area contributed by atoms with Crippen LogP contribution in [0.15, 0.2) is 24.3 Å².